The molecule has 0 bridgehead atoms. The second kappa shape index (κ2) is 8.83. The quantitative estimate of drug-likeness (QED) is 0.589. The second-order valence-electron chi connectivity index (χ2n) is 7.22. The average Bonchev–Trinajstić information content (AvgIpc) is 3.01. The molecule has 2 amide bonds. The summed E-state index contributed by atoms with van der Waals surface area (Å²) < 4.78 is 5.50. The summed E-state index contributed by atoms with van der Waals surface area (Å²) in [5, 5.41) is 3.17. The van der Waals surface area contributed by atoms with Crippen LogP contribution >= 0.6 is 0 Å². The van der Waals surface area contributed by atoms with Crippen molar-refractivity contribution in [1.29, 1.82) is 0 Å². The maximum Gasteiger partial charge on any atom is 0.278 e. The van der Waals surface area contributed by atoms with Crippen molar-refractivity contribution in [2.45, 2.75) is 20.4 Å². The highest BCUT2D eigenvalue weighted by Crippen LogP contribution is 2.32. The van der Waals surface area contributed by atoms with E-state index >= 15 is 0 Å². The molecule has 6 heteroatoms. The minimum absolute atomic E-state index is 0.109. The largest absolute Gasteiger partial charge is 0.494 e. The molecule has 2 aromatic carbocycles. The highest BCUT2D eigenvalue weighted by Gasteiger charge is 2.39. The van der Waals surface area contributed by atoms with Gasteiger partial charge in [-0.1, -0.05) is 35.9 Å². The number of nitrogens with one attached hydrogen (secondary N) is 1. The number of amides is 2. The molecule has 0 saturated heterocycles. The van der Waals surface area contributed by atoms with Crippen LogP contribution in [0.3, 0.4) is 0 Å². The molecule has 1 aliphatic rings. The molecular weight excluding hydrogens is 390 g/mol. The molecule has 0 radical (unpaired) electrons. The van der Waals surface area contributed by atoms with E-state index in [9.17, 15) is 9.59 Å². The van der Waals surface area contributed by atoms with E-state index in [1.165, 1.54) is 4.90 Å². The van der Waals surface area contributed by atoms with E-state index in [-0.39, 0.29) is 24.1 Å². The molecule has 2 heterocycles. The van der Waals surface area contributed by atoms with Gasteiger partial charge in [0.05, 0.1) is 24.4 Å². The molecule has 1 aromatic heterocycles. The highest BCUT2D eigenvalue weighted by atomic mass is 16.5. The summed E-state index contributed by atoms with van der Waals surface area (Å²) in [6.45, 7) is 4.57. The van der Waals surface area contributed by atoms with Gasteiger partial charge in [-0.2, -0.15) is 0 Å². The summed E-state index contributed by atoms with van der Waals surface area (Å²) in [5.74, 6) is -0.0171. The predicted octanol–water partition coefficient (Wildman–Crippen LogP) is 4.18. The Morgan fingerprint density at radius 2 is 1.68 bits per heavy atom. The van der Waals surface area contributed by atoms with Crippen LogP contribution in [0, 0.1) is 6.92 Å². The maximum absolute atomic E-state index is 13.3. The fourth-order valence-electron chi connectivity index (χ4n) is 3.42. The lowest BCUT2D eigenvalue weighted by Crippen LogP contribution is -2.32. The summed E-state index contributed by atoms with van der Waals surface area (Å²) in [6.07, 6.45) is 1.65. The van der Waals surface area contributed by atoms with Gasteiger partial charge in [0.1, 0.15) is 11.4 Å². The Morgan fingerprint density at radius 3 is 2.32 bits per heavy atom. The normalized spacial score (nSPS) is 13.7. The third-order valence-electron chi connectivity index (χ3n) is 4.99. The van der Waals surface area contributed by atoms with Crippen molar-refractivity contribution in [3.63, 3.8) is 0 Å². The van der Waals surface area contributed by atoms with E-state index < -0.39 is 0 Å². The molecule has 31 heavy (non-hydrogen) atoms. The van der Waals surface area contributed by atoms with Gasteiger partial charge in [0.15, 0.2) is 0 Å². The van der Waals surface area contributed by atoms with E-state index in [0.29, 0.717) is 29.2 Å². The zero-order valence-electron chi connectivity index (χ0n) is 17.5. The molecule has 0 saturated carbocycles. The van der Waals surface area contributed by atoms with Crippen molar-refractivity contribution in [2.75, 3.05) is 11.9 Å². The van der Waals surface area contributed by atoms with Crippen LogP contribution in [0.15, 0.2) is 78.6 Å². The van der Waals surface area contributed by atoms with E-state index in [0.717, 1.165) is 11.3 Å². The summed E-state index contributed by atoms with van der Waals surface area (Å²) in [5.41, 5.74) is 3.74. The van der Waals surface area contributed by atoms with Gasteiger partial charge in [-0.3, -0.25) is 19.5 Å². The molecule has 4 rings (SSSR count). The number of ether oxygens (including phenoxy) is 1. The van der Waals surface area contributed by atoms with Gasteiger partial charge in [-0.15, -0.1) is 0 Å². The molecule has 1 aliphatic heterocycles. The number of carbonyl (C=O) groups is 2. The van der Waals surface area contributed by atoms with Crippen LogP contribution in [-0.4, -0.2) is 28.3 Å². The molecule has 156 valence electrons. The minimum atomic E-state index is -0.375. The number of benzene rings is 2. The van der Waals surface area contributed by atoms with Crippen molar-refractivity contribution < 1.29 is 14.3 Å². The number of anilines is 1. The number of imide groups is 1. The average molecular weight is 413 g/mol. The van der Waals surface area contributed by atoms with E-state index in [1.54, 1.807) is 42.6 Å². The van der Waals surface area contributed by atoms with Crippen molar-refractivity contribution in [1.82, 2.24) is 9.88 Å². The first-order chi connectivity index (χ1) is 15.1. The standard InChI is InChI=1S/C25H23N3O3/c1-3-31-21-13-9-18(10-14-21)22-23(27-19-11-7-17(2)8-12-19)25(30)28(24(22)29)16-20-6-4-5-15-26-20/h4-15,27H,3,16H2,1-2H3. The third-order valence-corrected chi connectivity index (χ3v) is 4.99. The number of rotatable bonds is 7. The van der Waals surface area contributed by atoms with Crippen LogP contribution < -0.4 is 10.1 Å². The number of carbonyl (C=O) groups excluding carboxylic acids is 2. The fraction of sp³-hybridized carbons (Fsp3) is 0.160. The summed E-state index contributed by atoms with van der Waals surface area (Å²) in [7, 11) is 0. The fourth-order valence-corrected chi connectivity index (χ4v) is 3.42. The van der Waals surface area contributed by atoms with Gasteiger partial charge in [0.25, 0.3) is 11.8 Å². The zero-order chi connectivity index (χ0) is 21.8. The number of aryl methyl sites for hydroxylation is 1. The Labute approximate surface area is 181 Å². The van der Waals surface area contributed by atoms with Crippen LogP contribution in [0.5, 0.6) is 5.75 Å². The van der Waals surface area contributed by atoms with Crippen LogP contribution in [-0.2, 0) is 16.1 Å². The van der Waals surface area contributed by atoms with Crippen molar-refractivity contribution in [3.8, 4) is 5.75 Å². The monoisotopic (exact) mass is 413 g/mol. The highest BCUT2D eigenvalue weighted by molar-refractivity contribution is 6.36. The maximum atomic E-state index is 13.3. The topological polar surface area (TPSA) is 71.5 Å². The van der Waals surface area contributed by atoms with E-state index in [1.807, 2.05) is 44.2 Å². The Balaban J connectivity index is 1.71. The third kappa shape index (κ3) is 4.33. The Bertz CT molecular complexity index is 1120. The van der Waals surface area contributed by atoms with Crippen LogP contribution in [0.25, 0.3) is 5.57 Å². The van der Waals surface area contributed by atoms with Crippen LogP contribution in [0.4, 0.5) is 5.69 Å². The lowest BCUT2D eigenvalue weighted by Gasteiger charge is -2.14. The molecule has 1 N–H and O–H groups in total. The first kappa shape index (κ1) is 20.3. The molecule has 0 aliphatic carbocycles. The van der Waals surface area contributed by atoms with Gasteiger partial charge >= 0.3 is 0 Å². The lowest BCUT2D eigenvalue weighted by atomic mass is 10.0. The van der Waals surface area contributed by atoms with Crippen molar-refractivity contribution >= 4 is 23.1 Å². The van der Waals surface area contributed by atoms with Gasteiger partial charge in [0, 0.05) is 11.9 Å². The van der Waals surface area contributed by atoms with Crippen molar-refractivity contribution in [2.24, 2.45) is 0 Å². The Morgan fingerprint density at radius 1 is 0.935 bits per heavy atom. The molecule has 6 nitrogen and oxygen atoms in total. The van der Waals surface area contributed by atoms with E-state index in [2.05, 4.69) is 10.3 Å². The first-order valence-corrected chi connectivity index (χ1v) is 10.1. The number of pyridine rings is 1. The Kier molecular flexibility index (Phi) is 5.80. The summed E-state index contributed by atoms with van der Waals surface area (Å²) in [4.78, 5) is 32.1. The minimum Gasteiger partial charge on any atom is -0.494 e. The van der Waals surface area contributed by atoms with Gasteiger partial charge in [-0.05, 0) is 55.8 Å². The summed E-state index contributed by atoms with van der Waals surface area (Å²) >= 11 is 0. The Hall–Kier alpha value is -3.93. The van der Waals surface area contributed by atoms with Gasteiger partial charge < -0.3 is 10.1 Å². The molecule has 3 aromatic rings. The lowest BCUT2D eigenvalue weighted by molar-refractivity contribution is -0.137. The predicted molar refractivity (Wildman–Crippen MR) is 119 cm³/mol. The van der Waals surface area contributed by atoms with E-state index in [4.69, 9.17) is 4.74 Å². The van der Waals surface area contributed by atoms with Crippen LogP contribution in [0.1, 0.15) is 23.7 Å². The smallest absolute Gasteiger partial charge is 0.278 e. The summed E-state index contributed by atoms with van der Waals surface area (Å²) in [6, 6.07) is 20.3. The molecule has 0 unspecified atom stereocenters. The number of aromatic nitrogens is 1. The SMILES string of the molecule is CCOc1ccc(C2=C(Nc3ccc(C)cc3)C(=O)N(Cc3ccccn3)C2=O)cc1. The molecule has 0 fully saturated rings. The second-order valence-corrected chi connectivity index (χ2v) is 7.22. The zero-order valence-corrected chi connectivity index (χ0v) is 17.5. The number of nitrogens with zero attached hydrogens (tertiary/aromatic N) is 2. The molecular formula is C25H23N3O3. The van der Waals surface area contributed by atoms with Gasteiger partial charge in [-0.25, -0.2) is 0 Å². The molecule has 0 atom stereocenters. The van der Waals surface area contributed by atoms with Gasteiger partial charge in [0.2, 0.25) is 0 Å². The van der Waals surface area contributed by atoms with Crippen LogP contribution in [0.2, 0.25) is 0 Å². The van der Waals surface area contributed by atoms with Crippen molar-refractivity contribution in [3.05, 3.63) is 95.4 Å². The number of hydrogen-bond acceptors (Lipinski definition) is 5. The first-order valence-electron chi connectivity index (χ1n) is 10.1. The number of hydrogen-bond donors (Lipinski definition) is 1. The molecule has 0 spiro atoms.